The third kappa shape index (κ3) is 6.37. The Morgan fingerprint density at radius 1 is 1.05 bits per heavy atom. The molecule has 2 heterocycles. The lowest BCUT2D eigenvalue weighted by Crippen LogP contribution is -2.49. The molecule has 2 aromatic carbocycles. The molecule has 0 aliphatic carbocycles. The largest absolute Gasteiger partial charge is 0.494 e. The summed E-state index contributed by atoms with van der Waals surface area (Å²) in [5.41, 5.74) is 4.02. The van der Waals surface area contributed by atoms with Crippen molar-refractivity contribution >= 4 is 17.6 Å². The van der Waals surface area contributed by atoms with Crippen molar-refractivity contribution in [3.63, 3.8) is 0 Å². The van der Waals surface area contributed by atoms with Gasteiger partial charge in [0.25, 0.3) is 0 Å². The number of fused-ring (bicyclic) bond motifs is 1. The maximum Gasteiger partial charge on any atom is 0.322 e. The number of carbonyl (C=O) groups excluding carboxylic acids is 2. The predicted octanol–water partition coefficient (Wildman–Crippen LogP) is 5.12. The summed E-state index contributed by atoms with van der Waals surface area (Å²) in [6.07, 6.45) is 2.06. The molecule has 0 saturated carbocycles. The summed E-state index contributed by atoms with van der Waals surface area (Å²) < 4.78 is 12.9. The first-order valence-corrected chi connectivity index (χ1v) is 13.2. The number of aromatic nitrogens is 1. The molecule has 0 saturated heterocycles. The summed E-state index contributed by atoms with van der Waals surface area (Å²) in [4.78, 5) is 30.4. The van der Waals surface area contributed by atoms with Crippen molar-refractivity contribution in [1.82, 2.24) is 14.4 Å². The number of anilines is 1. The fourth-order valence-corrected chi connectivity index (χ4v) is 4.78. The van der Waals surface area contributed by atoms with Gasteiger partial charge in [0.2, 0.25) is 5.91 Å². The number of nitrogens with zero attached hydrogens (tertiary/aromatic N) is 3. The molecular weight excluding hydrogens is 480 g/mol. The van der Waals surface area contributed by atoms with E-state index in [0.717, 1.165) is 17.0 Å². The van der Waals surface area contributed by atoms with Gasteiger partial charge in [0.15, 0.2) is 0 Å². The highest BCUT2D eigenvalue weighted by Crippen LogP contribution is 2.33. The summed E-state index contributed by atoms with van der Waals surface area (Å²) in [5.74, 6) is 1.06. The highest BCUT2D eigenvalue weighted by molar-refractivity contribution is 5.92. The molecular formula is C30H38N4O4. The van der Waals surface area contributed by atoms with E-state index in [2.05, 4.69) is 60.3 Å². The molecule has 1 aliphatic rings. The normalized spacial score (nSPS) is 14.8. The highest BCUT2D eigenvalue weighted by Gasteiger charge is 2.33. The molecule has 1 N–H and O–H groups in total. The van der Waals surface area contributed by atoms with Gasteiger partial charge in [-0.1, -0.05) is 38.1 Å². The number of methoxy groups -OCH3 is 1. The Morgan fingerprint density at radius 2 is 1.79 bits per heavy atom. The molecule has 202 valence electrons. The van der Waals surface area contributed by atoms with E-state index in [1.54, 1.807) is 19.2 Å². The zero-order valence-corrected chi connectivity index (χ0v) is 22.7. The van der Waals surface area contributed by atoms with Crippen LogP contribution in [0.25, 0.3) is 0 Å². The van der Waals surface area contributed by atoms with Gasteiger partial charge in [-0.25, -0.2) is 4.79 Å². The summed E-state index contributed by atoms with van der Waals surface area (Å²) in [7, 11) is 1.58. The average Bonchev–Trinajstić information content (AvgIpc) is 3.40. The van der Waals surface area contributed by atoms with Crippen molar-refractivity contribution in [2.45, 2.75) is 39.3 Å². The summed E-state index contributed by atoms with van der Waals surface area (Å²) in [6, 6.07) is 19.2. The lowest BCUT2D eigenvalue weighted by molar-refractivity contribution is -0.134. The van der Waals surface area contributed by atoms with Gasteiger partial charge in [-0.15, -0.1) is 0 Å². The van der Waals surface area contributed by atoms with Gasteiger partial charge in [-0.05, 0) is 60.4 Å². The lowest BCUT2D eigenvalue weighted by atomic mass is 9.95. The molecule has 0 radical (unpaired) electrons. The van der Waals surface area contributed by atoms with Crippen molar-refractivity contribution in [2.24, 2.45) is 0 Å². The van der Waals surface area contributed by atoms with E-state index in [4.69, 9.17) is 9.47 Å². The topological polar surface area (TPSA) is 76.0 Å². The highest BCUT2D eigenvalue weighted by atomic mass is 16.5. The van der Waals surface area contributed by atoms with E-state index in [0.29, 0.717) is 44.5 Å². The molecule has 1 aliphatic heterocycles. The number of rotatable bonds is 10. The molecule has 1 atom stereocenters. The number of nitrogens with one attached hydrogen (secondary N) is 1. The van der Waals surface area contributed by atoms with Crippen LogP contribution in [0.4, 0.5) is 10.5 Å². The van der Waals surface area contributed by atoms with Crippen LogP contribution in [-0.2, 0) is 16.1 Å². The fourth-order valence-electron chi connectivity index (χ4n) is 4.78. The number of ether oxygens (including phenoxy) is 2. The van der Waals surface area contributed by atoms with E-state index in [1.165, 1.54) is 10.5 Å². The lowest BCUT2D eigenvalue weighted by Gasteiger charge is -2.38. The van der Waals surface area contributed by atoms with Gasteiger partial charge in [-0.3, -0.25) is 4.79 Å². The van der Waals surface area contributed by atoms with Crippen molar-refractivity contribution in [1.29, 1.82) is 0 Å². The van der Waals surface area contributed by atoms with Gasteiger partial charge in [0.1, 0.15) is 12.3 Å². The second-order valence-electron chi connectivity index (χ2n) is 9.74. The molecule has 38 heavy (non-hydrogen) atoms. The molecule has 1 unspecified atom stereocenters. The maximum atomic E-state index is 13.8. The smallest absolute Gasteiger partial charge is 0.322 e. The van der Waals surface area contributed by atoms with Crippen LogP contribution in [0.15, 0.2) is 66.9 Å². The minimum atomic E-state index is -0.349. The number of carbonyl (C=O) groups is 2. The van der Waals surface area contributed by atoms with E-state index in [-0.39, 0.29) is 24.5 Å². The molecule has 8 nitrogen and oxygen atoms in total. The van der Waals surface area contributed by atoms with Crippen LogP contribution in [0.3, 0.4) is 0 Å². The van der Waals surface area contributed by atoms with Crippen LogP contribution >= 0.6 is 0 Å². The first-order valence-electron chi connectivity index (χ1n) is 13.2. The molecule has 3 amide bonds. The zero-order chi connectivity index (χ0) is 27.1. The molecule has 1 aromatic heterocycles. The first-order chi connectivity index (χ1) is 18.4. The Morgan fingerprint density at radius 3 is 2.45 bits per heavy atom. The third-order valence-corrected chi connectivity index (χ3v) is 6.87. The Labute approximate surface area is 225 Å². The third-order valence-electron chi connectivity index (χ3n) is 6.87. The molecule has 0 fully saturated rings. The van der Waals surface area contributed by atoms with Crippen LogP contribution in [0.1, 0.15) is 49.6 Å². The van der Waals surface area contributed by atoms with Gasteiger partial charge in [-0.2, -0.15) is 0 Å². The second kappa shape index (κ2) is 12.6. The number of urea groups is 1. The summed E-state index contributed by atoms with van der Waals surface area (Å²) >= 11 is 0. The van der Waals surface area contributed by atoms with Crippen LogP contribution in [0.2, 0.25) is 0 Å². The minimum absolute atomic E-state index is 0.0481. The van der Waals surface area contributed by atoms with Crippen molar-refractivity contribution in [3.05, 3.63) is 83.7 Å². The minimum Gasteiger partial charge on any atom is -0.494 e. The van der Waals surface area contributed by atoms with Gasteiger partial charge < -0.3 is 29.2 Å². The maximum absolute atomic E-state index is 13.8. The second-order valence-corrected chi connectivity index (χ2v) is 9.74. The standard InChI is InChI=1S/C30H38N4O4/c1-5-38-26-14-12-25(13-15-26)31-30(36)33(19-20-37-4)21-28(35)34-18-17-32-16-6-7-27(32)29(34)24-10-8-23(9-11-24)22(2)3/h6-16,22,29H,5,17-21H2,1-4H3,(H,31,36). The fraction of sp³-hybridized carbons (Fsp3) is 0.400. The van der Waals surface area contributed by atoms with E-state index < -0.39 is 0 Å². The average molecular weight is 519 g/mol. The SMILES string of the molecule is CCOc1ccc(NC(=O)N(CCOC)CC(=O)N2CCn3cccc3C2c2ccc(C(C)C)cc2)cc1. The molecule has 3 aromatic rings. The van der Waals surface area contributed by atoms with E-state index >= 15 is 0 Å². The van der Waals surface area contributed by atoms with Crippen LogP contribution in [-0.4, -0.2) is 66.3 Å². The first kappa shape index (κ1) is 27.3. The Kier molecular flexibility index (Phi) is 9.07. The molecule has 0 spiro atoms. The number of hydrogen-bond acceptors (Lipinski definition) is 4. The van der Waals surface area contributed by atoms with Crippen LogP contribution in [0, 0.1) is 0 Å². The molecule has 4 rings (SSSR count). The van der Waals surface area contributed by atoms with Crippen LogP contribution in [0.5, 0.6) is 5.75 Å². The van der Waals surface area contributed by atoms with Crippen LogP contribution < -0.4 is 10.1 Å². The number of amides is 3. The number of hydrogen-bond donors (Lipinski definition) is 1. The monoisotopic (exact) mass is 518 g/mol. The van der Waals surface area contributed by atoms with Crippen molar-refractivity contribution in [3.8, 4) is 5.75 Å². The zero-order valence-electron chi connectivity index (χ0n) is 22.7. The van der Waals surface area contributed by atoms with E-state index in [9.17, 15) is 9.59 Å². The van der Waals surface area contributed by atoms with Gasteiger partial charge in [0.05, 0.1) is 19.3 Å². The number of benzene rings is 2. The Balaban J connectivity index is 1.53. The molecule has 0 bridgehead atoms. The Bertz CT molecular complexity index is 1200. The van der Waals surface area contributed by atoms with Crippen molar-refractivity contribution < 1.29 is 19.1 Å². The van der Waals surface area contributed by atoms with E-state index in [1.807, 2.05) is 30.0 Å². The van der Waals surface area contributed by atoms with Crippen molar-refractivity contribution in [2.75, 3.05) is 45.3 Å². The van der Waals surface area contributed by atoms with Gasteiger partial charge in [0, 0.05) is 44.3 Å². The summed E-state index contributed by atoms with van der Waals surface area (Å²) in [6.45, 7) is 8.69. The molecule has 8 heteroatoms. The predicted molar refractivity (Wildman–Crippen MR) is 149 cm³/mol. The van der Waals surface area contributed by atoms with Gasteiger partial charge >= 0.3 is 6.03 Å². The quantitative estimate of drug-likeness (QED) is 0.404. The Hall–Kier alpha value is -3.78. The summed E-state index contributed by atoms with van der Waals surface area (Å²) in [5, 5.41) is 2.90.